The van der Waals surface area contributed by atoms with Crippen molar-refractivity contribution in [3.8, 4) is 0 Å². The van der Waals surface area contributed by atoms with Crippen molar-refractivity contribution in [2.75, 3.05) is 6.61 Å². The molecule has 0 amide bonds. The van der Waals surface area contributed by atoms with Gasteiger partial charge >= 0.3 is 5.97 Å². The zero-order valence-corrected chi connectivity index (χ0v) is 16.8. The van der Waals surface area contributed by atoms with Gasteiger partial charge in [-0.25, -0.2) is 0 Å². The highest BCUT2D eigenvalue weighted by Crippen LogP contribution is 2.64. The Kier molecular flexibility index (Phi) is 4.51. The zero-order chi connectivity index (χ0) is 19.4. The van der Waals surface area contributed by atoms with Crippen LogP contribution in [-0.2, 0) is 14.3 Å². The lowest BCUT2D eigenvalue weighted by Crippen LogP contribution is -2.48. The van der Waals surface area contributed by atoms with Gasteiger partial charge in [-0.05, 0) is 80.8 Å². The summed E-state index contributed by atoms with van der Waals surface area (Å²) in [6.07, 6.45) is 12.6. The van der Waals surface area contributed by atoms with Crippen LogP contribution >= 0.6 is 0 Å². The van der Waals surface area contributed by atoms with Crippen LogP contribution < -0.4 is 0 Å². The van der Waals surface area contributed by atoms with Crippen LogP contribution in [0.2, 0.25) is 0 Å². The maximum atomic E-state index is 12.6. The predicted octanol–water partition coefficient (Wildman–Crippen LogP) is 4.75. The second-order valence-corrected chi connectivity index (χ2v) is 9.88. The first-order chi connectivity index (χ1) is 12.7. The molecule has 0 radical (unpaired) electrons. The molecule has 27 heavy (non-hydrogen) atoms. The van der Waals surface area contributed by atoms with E-state index in [4.69, 9.17) is 9.84 Å². The van der Waals surface area contributed by atoms with Crippen molar-refractivity contribution >= 4 is 11.8 Å². The lowest BCUT2D eigenvalue weighted by molar-refractivity contribution is -0.143. The van der Waals surface area contributed by atoms with Gasteiger partial charge in [0.1, 0.15) is 6.61 Å². The average Bonchev–Trinajstić information content (AvgIpc) is 3.02. The third kappa shape index (κ3) is 2.96. The van der Waals surface area contributed by atoms with Gasteiger partial charge in [0, 0.05) is 5.41 Å². The summed E-state index contributed by atoms with van der Waals surface area (Å²) in [4.78, 5) is 23.6. The number of rotatable bonds is 4. The molecule has 0 aliphatic heterocycles. The molecule has 1 unspecified atom stereocenters. The number of hydrogen-bond donors (Lipinski definition) is 1. The first kappa shape index (κ1) is 18.8. The van der Waals surface area contributed by atoms with Crippen molar-refractivity contribution in [1.29, 1.82) is 0 Å². The quantitative estimate of drug-likeness (QED) is 0.773. The highest BCUT2D eigenvalue weighted by atomic mass is 16.5. The molecule has 148 valence electrons. The molecule has 1 N–H and O–H groups in total. The number of ketones is 1. The van der Waals surface area contributed by atoms with E-state index in [9.17, 15) is 9.59 Å². The Morgan fingerprint density at radius 2 is 2.04 bits per heavy atom. The molecule has 4 rings (SSSR count). The number of carboxylic acids is 1. The fourth-order valence-electron chi connectivity index (χ4n) is 6.66. The molecule has 0 aromatic carbocycles. The Labute approximate surface area is 162 Å². The van der Waals surface area contributed by atoms with E-state index in [2.05, 4.69) is 13.8 Å². The fourth-order valence-corrected chi connectivity index (χ4v) is 6.66. The Morgan fingerprint density at radius 1 is 1.26 bits per heavy atom. The van der Waals surface area contributed by atoms with Crippen LogP contribution in [0.25, 0.3) is 0 Å². The molecule has 6 atom stereocenters. The molecular formula is C23H32O4. The van der Waals surface area contributed by atoms with E-state index in [1.165, 1.54) is 44.1 Å². The summed E-state index contributed by atoms with van der Waals surface area (Å²) in [5.74, 6) is 0.859. The van der Waals surface area contributed by atoms with Crippen molar-refractivity contribution in [1.82, 2.24) is 0 Å². The van der Waals surface area contributed by atoms with Gasteiger partial charge < -0.3 is 9.84 Å². The fraction of sp³-hybridized carbons (Fsp3) is 0.739. The highest BCUT2D eigenvalue weighted by Gasteiger charge is 2.56. The smallest absolute Gasteiger partial charge is 0.309 e. The molecule has 3 saturated carbocycles. The summed E-state index contributed by atoms with van der Waals surface area (Å²) in [5, 5.41) is 9.08. The second-order valence-electron chi connectivity index (χ2n) is 9.88. The molecule has 4 aliphatic rings. The van der Waals surface area contributed by atoms with Crippen molar-refractivity contribution in [2.45, 2.75) is 65.7 Å². The number of hydrogen-bond acceptors (Lipinski definition) is 3. The number of carbonyl (C=O) groups excluding carboxylic acids is 1. The van der Waals surface area contributed by atoms with Gasteiger partial charge in [-0.2, -0.15) is 0 Å². The monoisotopic (exact) mass is 372 g/mol. The van der Waals surface area contributed by atoms with Crippen molar-refractivity contribution < 1.29 is 19.4 Å². The minimum atomic E-state index is -0.896. The number of fused-ring (bicyclic) bond motifs is 5. The summed E-state index contributed by atoms with van der Waals surface area (Å²) >= 11 is 0. The third-order valence-corrected chi connectivity index (χ3v) is 8.32. The molecule has 4 heteroatoms. The number of aliphatic carboxylic acids is 1. The van der Waals surface area contributed by atoms with Gasteiger partial charge in [-0.3, -0.25) is 9.59 Å². The number of allylic oxidation sites excluding steroid dienone is 3. The molecular weight excluding hydrogens is 340 g/mol. The SMILES string of the molecule is CC(COC1=C[C@@]2(C)C(=CC1=O)CC[C@H]1[C@@H]3CCC[C@@]3(C)CC[C@@H]12)C(=O)O. The Balaban J connectivity index is 1.60. The van der Waals surface area contributed by atoms with E-state index in [-0.39, 0.29) is 17.8 Å². The highest BCUT2D eigenvalue weighted by molar-refractivity contribution is 6.04. The largest absolute Gasteiger partial charge is 0.489 e. The molecule has 0 spiro atoms. The normalized spacial score (nSPS) is 41.6. The first-order valence-electron chi connectivity index (χ1n) is 10.6. The van der Waals surface area contributed by atoms with Gasteiger partial charge in [0.2, 0.25) is 5.78 Å². The van der Waals surface area contributed by atoms with Crippen LogP contribution in [0.1, 0.15) is 65.7 Å². The maximum absolute atomic E-state index is 12.6. The van der Waals surface area contributed by atoms with E-state index in [1.54, 1.807) is 13.0 Å². The Bertz CT molecular complexity index is 720. The Hall–Kier alpha value is -1.58. The standard InChI is InChI=1S/C23H32O4/c1-14(21(25)26)13-27-20-12-23(3)15(11-19(20)24)6-7-16-17-5-4-9-22(17,2)10-8-18(16)23/h11-12,14,16-18H,4-10,13H2,1-3H3,(H,25,26)/t14?,16-,17-,18-,22-,23-/m0/s1. The van der Waals surface area contributed by atoms with Gasteiger partial charge in [-0.1, -0.05) is 25.8 Å². The summed E-state index contributed by atoms with van der Waals surface area (Å²) in [6.45, 7) is 6.43. The van der Waals surface area contributed by atoms with Crippen LogP contribution in [0.4, 0.5) is 0 Å². The number of carbonyl (C=O) groups is 2. The lowest BCUT2D eigenvalue weighted by Gasteiger charge is -2.56. The van der Waals surface area contributed by atoms with Crippen molar-refractivity contribution in [2.24, 2.45) is 34.5 Å². The van der Waals surface area contributed by atoms with E-state index in [1.807, 2.05) is 6.08 Å². The van der Waals surface area contributed by atoms with E-state index < -0.39 is 11.9 Å². The molecule has 4 aliphatic carbocycles. The molecule has 0 bridgehead atoms. The first-order valence-corrected chi connectivity index (χ1v) is 10.6. The summed E-state index contributed by atoms with van der Waals surface area (Å²) < 4.78 is 5.70. The second kappa shape index (κ2) is 6.49. The number of carboxylic acid groups (broad SMARTS) is 1. The zero-order valence-electron chi connectivity index (χ0n) is 16.8. The van der Waals surface area contributed by atoms with Crippen LogP contribution in [0.15, 0.2) is 23.5 Å². The Morgan fingerprint density at radius 3 is 2.78 bits per heavy atom. The lowest BCUT2D eigenvalue weighted by atomic mass is 9.48. The molecule has 0 aromatic rings. The van der Waals surface area contributed by atoms with Crippen LogP contribution in [0.5, 0.6) is 0 Å². The van der Waals surface area contributed by atoms with Gasteiger partial charge in [0.05, 0.1) is 5.92 Å². The minimum absolute atomic E-state index is 0.0426. The topological polar surface area (TPSA) is 63.6 Å². The summed E-state index contributed by atoms with van der Waals surface area (Å²) in [5.41, 5.74) is 1.65. The average molecular weight is 373 g/mol. The van der Waals surface area contributed by atoms with Gasteiger partial charge in [0.25, 0.3) is 0 Å². The van der Waals surface area contributed by atoms with E-state index >= 15 is 0 Å². The van der Waals surface area contributed by atoms with Crippen molar-refractivity contribution in [3.63, 3.8) is 0 Å². The molecule has 3 fully saturated rings. The molecule has 0 heterocycles. The molecule has 0 aromatic heterocycles. The van der Waals surface area contributed by atoms with Crippen molar-refractivity contribution in [3.05, 3.63) is 23.5 Å². The summed E-state index contributed by atoms with van der Waals surface area (Å²) in [6, 6.07) is 0. The third-order valence-electron chi connectivity index (χ3n) is 8.32. The van der Waals surface area contributed by atoms with Crippen LogP contribution in [-0.4, -0.2) is 23.5 Å². The van der Waals surface area contributed by atoms with Gasteiger partial charge in [0.15, 0.2) is 5.76 Å². The molecule has 0 saturated heterocycles. The summed E-state index contributed by atoms with van der Waals surface area (Å²) in [7, 11) is 0. The van der Waals surface area contributed by atoms with Crippen LogP contribution in [0.3, 0.4) is 0 Å². The minimum Gasteiger partial charge on any atom is -0.489 e. The maximum Gasteiger partial charge on any atom is 0.309 e. The predicted molar refractivity (Wildman–Crippen MR) is 103 cm³/mol. The van der Waals surface area contributed by atoms with Crippen LogP contribution in [0, 0.1) is 34.5 Å². The number of ether oxygens (including phenoxy) is 1. The van der Waals surface area contributed by atoms with E-state index in [0.717, 1.165) is 18.3 Å². The van der Waals surface area contributed by atoms with E-state index in [0.29, 0.717) is 17.1 Å². The molecule has 4 nitrogen and oxygen atoms in total. The van der Waals surface area contributed by atoms with Gasteiger partial charge in [-0.15, -0.1) is 0 Å².